The van der Waals surface area contributed by atoms with E-state index in [0.717, 1.165) is 82.9 Å². The highest BCUT2D eigenvalue weighted by Gasteiger charge is 2.44. The van der Waals surface area contributed by atoms with E-state index < -0.39 is 0 Å². The Balaban J connectivity index is 0.000000111. The van der Waals surface area contributed by atoms with Crippen molar-refractivity contribution in [2.75, 3.05) is 0 Å². The zero-order valence-electron chi connectivity index (χ0n) is 32.2. The lowest BCUT2D eigenvalue weighted by Crippen LogP contribution is -2.12. The maximum absolute atomic E-state index is 3.83. The molecule has 0 radical (unpaired) electrons. The van der Waals surface area contributed by atoms with Gasteiger partial charge in [0.2, 0.25) is 0 Å². The second-order valence-electron chi connectivity index (χ2n) is 17.8. The molecule has 51 heavy (non-hydrogen) atoms. The molecule has 8 bridgehead atoms. The predicted octanol–water partition coefficient (Wildman–Crippen LogP) is 14.4. The molecule has 4 fully saturated rings. The average Bonchev–Trinajstić information content (AvgIpc) is 4.04. The van der Waals surface area contributed by atoms with Gasteiger partial charge in [0, 0.05) is 0 Å². The predicted molar refractivity (Wildman–Crippen MR) is 223 cm³/mol. The van der Waals surface area contributed by atoms with Crippen LogP contribution >= 0.6 is 0 Å². The number of unbranched alkanes of at least 4 members (excludes halogenated alkanes) is 2. The van der Waals surface area contributed by atoms with Crippen LogP contribution in [0.1, 0.15) is 109 Å². The molecule has 10 rings (SSSR count). The lowest BCUT2D eigenvalue weighted by molar-refractivity contribution is 0.398. The third-order valence-electron chi connectivity index (χ3n) is 14.5. The lowest BCUT2D eigenvalue weighted by Gasteiger charge is -2.18. The van der Waals surface area contributed by atoms with Crippen LogP contribution in [0.3, 0.4) is 0 Å². The highest BCUT2D eigenvalue weighted by atomic mass is 14.5. The van der Waals surface area contributed by atoms with Crippen molar-refractivity contribution in [1.82, 2.24) is 0 Å². The first-order chi connectivity index (χ1) is 25.1. The van der Waals surface area contributed by atoms with E-state index in [2.05, 4.69) is 117 Å². The van der Waals surface area contributed by atoms with E-state index in [0.29, 0.717) is 0 Å². The van der Waals surface area contributed by atoms with Crippen LogP contribution in [0.2, 0.25) is 0 Å². The summed E-state index contributed by atoms with van der Waals surface area (Å²) in [4.78, 5) is 0. The fourth-order valence-electron chi connectivity index (χ4n) is 11.6. The van der Waals surface area contributed by atoms with Crippen LogP contribution in [0.25, 0.3) is 0 Å². The first-order valence-corrected chi connectivity index (χ1v) is 21.6. The molecule has 10 aliphatic rings. The van der Waals surface area contributed by atoms with Gasteiger partial charge in [0.05, 0.1) is 0 Å². The molecule has 0 N–H and O–H groups in total. The first kappa shape index (κ1) is 38.1. The summed E-state index contributed by atoms with van der Waals surface area (Å²) in [5.41, 5.74) is 0. The van der Waals surface area contributed by atoms with Gasteiger partial charge in [-0.1, -0.05) is 104 Å². The van der Waals surface area contributed by atoms with Crippen LogP contribution in [0.4, 0.5) is 0 Å². The van der Waals surface area contributed by atoms with Gasteiger partial charge in [0.25, 0.3) is 0 Å². The van der Waals surface area contributed by atoms with Crippen LogP contribution < -0.4 is 0 Å². The van der Waals surface area contributed by atoms with Gasteiger partial charge in [0.1, 0.15) is 0 Å². The van der Waals surface area contributed by atoms with Crippen LogP contribution in [0.15, 0.2) is 124 Å². The monoisotopic (exact) mass is 685 g/mol. The fourth-order valence-corrected chi connectivity index (χ4v) is 11.6. The Morgan fingerprint density at radius 3 is 1.63 bits per heavy atom. The number of allylic oxidation sites excluding steroid dienone is 16. The molecular formula is C51H72. The lowest BCUT2D eigenvalue weighted by atomic mass is 9.86. The summed E-state index contributed by atoms with van der Waals surface area (Å²) in [6.45, 7) is 15.1. The van der Waals surface area contributed by atoms with E-state index in [-0.39, 0.29) is 0 Å². The number of fused-ring (bicyclic) bond motifs is 11. The molecule has 0 aromatic heterocycles. The minimum Gasteiger partial charge on any atom is -0.103 e. The molecule has 0 amide bonds. The zero-order chi connectivity index (χ0) is 35.4. The van der Waals surface area contributed by atoms with E-state index in [1.54, 1.807) is 0 Å². The Bertz CT molecular complexity index is 1310. The summed E-state index contributed by atoms with van der Waals surface area (Å²) >= 11 is 0. The van der Waals surface area contributed by atoms with Gasteiger partial charge >= 0.3 is 0 Å². The molecule has 0 aromatic carbocycles. The normalized spacial score (nSPS) is 40.8. The Kier molecular flexibility index (Phi) is 14.6. The van der Waals surface area contributed by atoms with E-state index in [1.165, 1.54) is 109 Å². The van der Waals surface area contributed by atoms with Gasteiger partial charge in [-0.15, -0.1) is 26.3 Å². The van der Waals surface area contributed by atoms with E-state index in [9.17, 15) is 0 Å². The number of hydrogen-bond donors (Lipinski definition) is 0. The van der Waals surface area contributed by atoms with Gasteiger partial charge in [-0.3, -0.25) is 0 Å². The van der Waals surface area contributed by atoms with Gasteiger partial charge in [-0.05, 0) is 186 Å². The summed E-state index contributed by atoms with van der Waals surface area (Å²) in [5, 5.41) is 0. The van der Waals surface area contributed by atoms with Crippen molar-refractivity contribution in [1.29, 1.82) is 0 Å². The van der Waals surface area contributed by atoms with Crippen molar-refractivity contribution in [2.45, 2.75) is 109 Å². The Hall–Kier alpha value is -2.60. The molecule has 4 saturated carbocycles. The van der Waals surface area contributed by atoms with Gasteiger partial charge in [0.15, 0.2) is 0 Å². The summed E-state index contributed by atoms with van der Waals surface area (Å²) in [7, 11) is 0. The van der Waals surface area contributed by atoms with Crippen molar-refractivity contribution >= 4 is 0 Å². The van der Waals surface area contributed by atoms with Gasteiger partial charge in [-0.25, -0.2) is 0 Å². The Morgan fingerprint density at radius 1 is 0.490 bits per heavy atom. The highest BCUT2D eigenvalue weighted by molar-refractivity contribution is 5.21. The number of rotatable bonds is 10. The summed E-state index contributed by atoms with van der Waals surface area (Å²) < 4.78 is 0. The van der Waals surface area contributed by atoms with Gasteiger partial charge < -0.3 is 0 Å². The molecule has 0 heteroatoms. The SMILES string of the molecule is C1=CC2C3C=CC(C3)C2C1.C=CC1CC=CCC1.C=CCCCC[C@H]1CC2C=CC1C2.C=CCC[C@H]1CC2C=CC1C2.C=C[C@H]1CC2C=CC1C2. The van der Waals surface area contributed by atoms with E-state index in [1.807, 2.05) is 6.08 Å². The first-order valence-electron chi connectivity index (χ1n) is 21.6. The molecule has 10 aliphatic carbocycles. The van der Waals surface area contributed by atoms with Crippen molar-refractivity contribution in [3.63, 3.8) is 0 Å². The van der Waals surface area contributed by atoms with Crippen molar-refractivity contribution in [2.24, 2.45) is 82.9 Å². The van der Waals surface area contributed by atoms with Crippen molar-refractivity contribution in [3.8, 4) is 0 Å². The quantitative estimate of drug-likeness (QED) is 0.159. The standard InChI is InChI=1S/C13H20.C11H16.C10H12.C9H12.C8H12/c1-2-3-4-5-6-12-9-11-7-8-13(12)10-11;1-2-3-4-10-7-9-5-6-11(10)8-9;1-2-9-7-4-5-8(6-7)10(9)3-1;1-2-8-5-7-3-4-9(8)6-7;1-2-8-6-4-3-5-7-8/h2,7-8,11-13H,1,3-6,9-10H2;2,5-6,9-11H,1,3-4,7-8H2;1-2,4-5,7-10H,3,6H2;2-4,7-9H,1,5-6H2;2-4,8H,1,5-7H2/t11?,12-,13?;9?,10-,11?;;7?,8-,9?;/m00.0./s1. The fraction of sp³-hybridized carbons (Fsp3) is 0.608. The molecule has 0 nitrogen and oxygen atoms in total. The Labute approximate surface area is 314 Å². The van der Waals surface area contributed by atoms with E-state index in [4.69, 9.17) is 0 Å². The maximum Gasteiger partial charge on any atom is -0.0133 e. The molecule has 0 heterocycles. The molecule has 11 unspecified atom stereocenters. The average molecular weight is 685 g/mol. The Morgan fingerprint density at radius 2 is 1.14 bits per heavy atom. The van der Waals surface area contributed by atoms with Crippen molar-refractivity contribution in [3.05, 3.63) is 124 Å². The molecule has 0 saturated heterocycles. The third kappa shape index (κ3) is 10.3. The third-order valence-corrected chi connectivity index (χ3v) is 14.5. The van der Waals surface area contributed by atoms with Crippen molar-refractivity contribution < 1.29 is 0 Å². The zero-order valence-corrected chi connectivity index (χ0v) is 32.2. The minimum absolute atomic E-state index is 0.764. The van der Waals surface area contributed by atoms with Gasteiger partial charge in [-0.2, -0.15) is 0 Å². The smallest absolute Gasteiger partial charge is 0.0133 e. The minimum atomic E-state index is 0.764. The summed E-state index contributed by atoms with van der Waals surface area (Å²) in [6, 6.07) is 0. The second-order valence-corrected chi connectivity index (χ2v) is 17.8. The van der Waals surface area contributed by atoms with Crippen LogP contribution in [-0.2, 0) is 0 Å². The summed E-state index contributed by atoms with van der Waals surface area (Å²) in [6.07, 6.45) is 60.1. The van der Waals surface area contributed by atoms with Crippen LogP contribution in [0, 0.1) is 82.9 Å². The highest BCUT2D eigenvalue weighted by Crippen LogP contribution is 2.52. The molecule has 276 valence electrons. The molecule has 14 atom stereocenters. The molecule has 0 aliphatic heterocycles. The van der Waals surface area contributed by atoms with Crippen LogP contribution in [0.5, 0.6) is 0 Å². The molecular weight excluding hydrogens is 613 g/mol. The largest absolute Gasteiger partial charge is 0.103 e. The second kappa shape index (κ2) is 19.5. The maximum atomic E-state index is 3.83. The molecule has 0 aromatic rings. The topological polar surface area (TPSA) is 0 Å². The van der Waals surface area contributed by atoms with E-state index >= 15 is 0 Å². The summed E-state index contributed by atoms with van der Waals surface area (Å²) in [5.74, 6) is 12.9. The molecule has 0 spiro atoms. The number of hydrogen-bond acceptors (Lipinski definition) is 0. The van der Waals surface area contributed by atoms with Crippen LogP contribution in [-0.4, -0.2) is 0 Å².